The van der Waals surface area contributed by atoms with Gasteiger partial charge in [-0.05, 0) is 111 Å². The second-order valence-corrected chi connectivity index (χ2v) is 18.9. The van der Waals surface area contributed by atoms with Crippen molar-refractivity contribution in [1.29, 1.82) is 0 Å². The first-order chi connectivity index (χ1) is 32.1. The highest BCUT2D eigenvalue weighted by atomic mass is 35.5. The first-order valence-electron chi connectivity index (χ1n) is 22.0. The van der Waals surface area contributed by atoms with Gasteiger partial charge in [-0.3, -0.25) is 14.4 Å². The smallest absolute Gasteiger partial charge is 0.375 e. The number of anilines is 1. The predicted octanol–water partition coefficient (Wildman–Crippen LogP) is 4.33. The number of nitrogens with one attached hydrogen (secondary N) is 2. The number of ether oxygens (including phenoxy) is 2. The quantitative estimate of drug-likeness (QED) is 0.0366. The van der Waals surface area contributed by atoms with Crippen LogP contribution in [0.4, 0.5) is 5.69 Å². The van der Waals surface area contributed by atoms with Gasteiger partial charge in [-0.1, -0.05) is 50.6 Å². The highest BCUT2D eigenvalue weighted by Gasteiger charge is 2.76. The van der Waals surface area contributed by atoms with Crippen LogP contribution in [0.25, 0.3) is 0 Å². The molecule has 13 N–H and O–H groups in total. The van der Waals surface area contributed by atoms with Crippen LogP contribution >= 0.6 is 23.2 Å². The number of carboxylic acid groups (broad SMARTS) is 2. The Morgan fingerprint density at radius 3 is 2.21 bits per heavy atom. The number of fused-ring (bicyclic) bond motifs is 5. The summed E-state index contributed by atoms with van der Waals surface area (Å²) < 4.78 is 16.5. The van der Waals surface area contributed by atoms with Crippen molar-refractivity contribution in [3.63, 3.8) is 0 Å². The number of alkyl halides is 2. The zero-order valence-electron chi connectivity index (χ0n) is 39.8. The third-order valence-corrected chi connectivity index (χ3v) is 15.2. The molecule has 0 aliphatic heterocycles. The Kier molecular flexibility index (Phi) is 22.0. The summed E-state index contributed by atoms with van der Waals surface area (Å²) >= 11 is 13.6. The van der Waals surface area contributed by atoms with Gasteiger partial charge in [0.05, 0.1) is 42.0 Å². The molecule has 0 saturated heterocycles. The van der Waals surface area contributed by atoms with E-state index in [1.54, 1.807) is 31.4 Å². The highest BCUT2D eigenvalue weighted by molar-refractivity contribution is 6.29. The molecule has 2 aromatic carbocycles. The average molecular weight is 1040 g/mol. The van der Waals surface area contributed by atoms with Gasteiger partial charge in [0.15, 0.2) is 17.2 Å². The molecular formula is C50H64Cl2N2O17. The Labute approximate surface area is 420 Å². The van der Waals surface area contributed by atoms with E-state index in [0.717, 1.165) is 17.7 Å². The van der Waals surface area contributed by atoms with Crippen LogP contribution in [-0.2, 0) is 35.1 Å². The van der Waals surface area contributed by atoms with Crippen molar-refractivity contribution in [3.8, 4) is 11.5 Å². The summed E-state index contributed by atoms with van der Waals surface area (Å²) in [5.41, 5.74) is -0.131. The molecule has 3 aromatic rings. The maximum Gasteiger partial charge on any atom is 0.375 e. The molecule has 4 aliphatic carbocycles. The van der Waals surface area contributed by atoms with Crippen molar-refractivity contribution < 1.29 is 84.6 Å². The Morgan fingerprint density at radius 1 is 1.00 bits per heavy atom. The van der Waals surface area contributed by atoms with Crippen molar-refractivity contribution in [2.24, 2.45) is 28.6 Å². The fraction of sp³-hybridized carbons (Fsp3) is 0.440. The molecule has 71 heavy (non-hydrogen) atoms. The average Bonchev–Trinajstić information content (AvgIpc) is 3.92. The van der Waals surface area contributed by atoms with E-state index in [1.165, 1.54) is 30.0 Å². The molecule has 19 nitrogen and oxygen atoms in total. The number of hydrogen-bond donors (Lipinski definition) is 7. The second-order valence-electron chi connectivity index (χ2n) is 18.0. The van der Waals surface area contributed by atoms with Crippen LogP contribution in [0.5, 0.6) is 11.5 Å². The van der Waals surface area contributed by atoms with Crippen LogP contribution in [0, 0.1) is 28.6 Å². The summed E-state index contributed by atoms with van der Waals surface area (Å²) in [6, 6.07) is 15.8. The van der Waals surface area contributed by atoms with Gasteiger partial charge in [-0.15, -0.1) is 23.2 Å². The lowest BCUT2D eigenvalue weighted by molar-refractivity contribution is -0.177. The number of esters is 1. The number of methoxy groups -OCH3 is 1. The number of allylic oxidation sites excluding steroid dienone is 4. The number of rotatable bonds is 15. The van der Waals surface area contributed by atoms with Crippen LogP contribution in [0.2, 0.25) is 0 Å². The van der Waals surface area contributed by atoms with Gasteiger partial charge in [0.2, 0.25) is 12.2 Å². The van der Waals surface area contributed by atoms with E-state index >= 15 is 0 Å². The number of carbonyl (C=O) groups is 6. The Balaban J connectivity index is 0.000000422. The maximum atomic E-state index is 13.6. The van der Waals surface area contributed by atoms with Crippen LogP contribution < -0.4 is 15.4 Å². The molecule has 21 heteroatoms. The Morgan fingerprint density at radius 2 is 1.65 bits per heavy atom. The van der Waals surface area contributed by atoms with E-state index in [9.17, 15) is 44.1 Å². The number of ketones is 2. The summed E-state index contributed by atoms with van der Waals surface area (Å²) in [6.07, 6.45) is 9.12. The number of halogens is 2. The van der Waals surface area contributed by atoms with Crippen molar-refractivity contribution in [3.05, 3.63) is 114 Å². The van der Waals surface area contributed by atoms with Crippen LogP contribution in [0.15, 0.2) is 101 Å². The molecule has 0 spiro atoms. The minimum Gasteiger partial charge on any atom is -0.506 e. The van der Waals surface area contributed by atoms with Crippen LogP contribution in [0.3, 0.4) is 0 Å². The highest BCUT2D eigenvalue weighted by Crippen LogP contribution is 2.72. The van der Waals surface area contributed by atoms with Gasteiger partial charge in [0, 0.05) is 41.5 Å². The van der Waals surface area contributed by atoms with Crippen molar-refractivity contribution in [1.82, 2.24) is 5.32 Å². The summed E-state index contributed by atoms with van der Waals surface area (Å²) in [4.78, 5) is 67.3. The fourth-order valence-electron chi connectivity index (χ4n) is 10.8. The number of phenolic OH excluding ortho intramolecular Hbond substituents is 1. The van der Waals surface area contributed by atoms with Gasteiger partial charge in [0.25, 0.3) is 0 Å². The number of benzene rings is 2. The monoisotopic (exact) mass is 1030 g/mol. The molecule has 10 atom stereocenters. The summed E-state index contributed by atoms with van der Waals surface area (Å²) in [5, 5.41) is 53.0. The lowest BCUT2D eigenvalue weighted by Gasteiger charge is -2.64. The first-order valence-corrected chi connectivity index (χ1v) is 22.9. The number of aromatic hydroxyl groups is 1. The first kappa shape index (κ1) is 61.2. The van der Waals surface area contributed by atoms with E-state index in [0.29, 0.717) is 49.9 Å². The number of carboxylic acids is 2. The minimum atomic E-state index is -1.53. The SMILES string of the molecule is COc1ccc(C[C@@H](C)NC[C@H](O)c2ccc(O)c(NC=O)c2)cc1.C[C@@H]1C[C@H]2[C@@H]3CCC4=CC(=O)C=C[C@]4(C)[C@@]3(Cl)[C@@H](O)C[C@]2(C)[C@@]1(OC(=O)c1ccco1)C(=O)CCl.O.O.O.O=C(O)/C=C/C(=O)O. The predicted molar refractivity (Wildman–Crippen MR) is 262 cm³/mol. The normalized spacial score (nSPS) is 27.5. The van der Waals surface area contributed by atoms with Crippen LogP contribution in [-0.4, -0.2) is 120 Å². The molecule has 3 fully saturated rings. The number of amides is 1. The minimum absolute atomic E-state index is 0. The summed E-state index contributed by atoms with van der Waals surface area (Å²) in [7, 11) is 1.64. The topological polar surface area (TPSA) is 354 Å². The molecular weight excluding hydrogens is 971 g/mol. The second kappa shape index (κ2) is 25.5. The molecule has 0 unspecified atom stereocenters. The number of aliphatic hydroxyl groups excluding tert-OH is 2. The van der Waals surface area contributed by atoms with E-state index < -0.39 is 51.4 Å². The van der Waals surface area contributed by atoms with Crippen molar-refractivity contribution in [2.75, 3.05) is 24.9 Å². The fourth-order valence-corrected chi connectivity index (χ4v) is 11.5. The summed E-state index contributed by atoms with van der Waals surface area (Å²) in [5.74, 6) is -3.85. The molecule has 1 heterocycles. The molecule has 0 bridgehead atoms. The molecule has 4 aliphatic rings. The molecule has 390 valence electrons. The zero-order chi connectivity index (χ0) is 50.2. The Bertz CT molecular complexity index is 2410. The number of aliphatic carboxylic acids is 2. The molecule has 3 saturated carbocycles. The van der Waals surface area contributed by atoms with Crippen LogP contribution in [0.1, 0.15) is 81.2 Å². The lowest BCUT2D eigenvalue weighted by Crippen LogP contribution is -2.69. The molecule has 7 rings (SSSR count). The lowest BCUT2D eigenvalue weighted by atomic mass is 9.45. The standard InChI is InChI=1S/C27H30Cl2O6.C19H24N2O4.C4H4O4.3H2O/c1-15-11-19-18-7-6-16-12-17(30)8-9-24(16,2)26(18,29)21(31)13-25(19,3)27(15,22(32)14-28)35-23(33)20-5-4-10-34-20;1-13(9-14-3-6-16(25-2)7-4-14)20-11-19(24)15-5-8-18(23)17(10-15)21-12-22;5-3(6)1-2-4(7)8;;;/h4-5,8-10,12,15,18-19,21,31H,6-7,11,13-14H2,1-3H3;3-8,10,12-13,19-20,23-24H,9,11H2,1-2H3,(H,21,22);1-2H,(H,5,6)(H,7,8);3*1H2/b;;2-1+;;;/t15-,18+,19+,21+,24+,25+,26+,27+;13-,19+;;;;/m11..../s1. The largest absolute Gasteiger partial charge is 0.506 e. The van der Waals surface area contributed by atoms with Gasteiger partial charge < -0.3 is 66.5 Å². The van der Waals surface area contributed by atoms with Gasteiger partial charge in [0.1, 0.15) is 11.5 Å². The number of Topliss-reactive ketones (excluding diaryl/α,β-unsaturated/α-hetero) is 1. The zero-order valence-corrected chi connectivity index (χ0v) is 41.3. The number of carbonyl (C=O) groups excluding carboxylic acids is 4. The third-order valence-electron chi connectivity index (χ3n) is 14.0. The summed E-state index contributed by atoms with van der Waals surface area (Å²) in [6.45, 7) is 8.23. The molecule has 1 aromatic heterocycles. The van der Waals surface area contributed by atoms with Crippen molar-refractivity contribution >= 4 is 64.8 Å². The van der Waals surface area contributed by atoms with E-state index in [-0.39, 0.29) is 81.3 Å². The Hall–Kier alpha value is -5.90. The number of hydrogen-bond acceptors (Lipinski definition) is 13. The van der Waals surface area contributed by atoms with Gasteiger partial charge in [-0.25, -0.2) is 14.4 Å². The van der Waals surface area contributed by atoms with Gasteiger partial charge >= 0.3 is 17.9 Å². The molecule has 1 amide bonds. The van der Waals surface area contributed by atoms with Gasteiger partial charge in [-0.2, -0.15) is 0 Å². The number of furan rings is 1. The maximum absolute atomic E-state index is 13.6. The van der Waals surface area contributed by atoms with E-state index in [1.807, 2.05) is 58.0 Å². The number of phenols is 1. The number of aliphatic hydroxyl groups is 2. The van der Waals surface area contributed by atoms with E-state index in [2.05, 4.69) is 10.6 Å². The third kappa shape index (κ3) is 12.6. The van der Waals surface area contributed by atoms with Crippen molar-refractivity contribution in [2.45, 2.75) is 88.5 Å². The molecule has 0 radical (unpaired) electrons. The van der Waals surface area contributed by atoms with E-state index in [4.69, 9.17) is 47.3 Å².